The van der Waals surface area contributed by atoms with Crippen LogP contribution in [0.4, 0.5) is 11.4 Å². The van der Waals surface area contributed by atoms with E-state index in [-0.39, 0.29) is 5.57 Å². The van der Waals surface area contributed by atoms with Gasteiger partial charge in [0.05, 0.1) is 19.9 Å². The van der Waals surface area contributed by atoms with Crippen molar-refractivity contribution >= 4 is 17.3 Å². The first-order chi connectivity index (χ1) is 15.0. The molecule has 0 saturated carbocycles. The number of anilines is 2. The maximum Gasteiger partial charge on any atom is 0.267 e. The molecule has 1 saturated heterocycles. The van der Waals surface area contributed by atoms with E-state index in [1.807, 2.05) is 11.0 Å². The van der Waals surface area contributed by atoms with Gasteiger partial charge in [-0.05, 0) is 43.2 Å². The van der Waals surface area contributed by atoms with Crippen LogP contribution in [0.25, 0.3) is 0 Å². The average Bonchev–Trinajstić information content (AvgIpc) is 2.79. The lowest BCUT2D eigenvalue weighted by molar-refractivity contribution is -0.112. The standard InChI is InChI=1S/C24H28N4O3/c1-17-6-5-7-22(18(17)2)28-12-10-27(11-13-28)16-19(15-25)24(29)26-21-14-20(30-3)8-9-23(21)31-4/h5-9,14,16H,10-13H2,1-4H3,(H,26,29)/b19-16-. The van der Waals surface area contributed by atoms with Crippen molar-refractivity contribution in [3.05, 3.63) is 59.3 Å². The van der Waals surface area contributed by atoms with Crippen LogP contribution in [-0.4, -0.2) is 51.2 Å². The highest BCUT2D eigenvalue weighted by Gasteiger charge is 2.20. The van der Waals surface area contributed by atoms with Crippen LogP contribution >= 0.6 is 0 Å². The lowest BCUT2D eigenvalue weighted by Crippen LogP contribution is -2.44. The fourth-order valence-electron chi connectivity index (χ4n) is 3.59. The van der Waals surface area contributed by atoms with Crippen LogP contribution in [0, 0.1) is 25.2 Å². The van der Waals surface area contributed by atoms with Crippen molar-refractivity contribution in [3.8, 4) is 17.6 Å². The molecule has 7 nitrogen and oxygen atoms in total. The third-order valence-corrected chi connectivity index (χ3v) is 5.56. The normalized spacial score (nSPS) is 14.1. The van der Waals surface area contributed by atoms with Crippen LogP contribution < -0.4 is 19.7 Å². The highest BCUT2D eigenvalue weighted by atomic mass is 16.5. The van der Waals surface area contributed by atoms with Crippen LogP contribution in [0.15, 0.2) is 48.2 Å². The minimum Gasteiger partial charge on any atom is -0.497 e. The van der Waals surface area contributed by atoms with Gasteiger partial charge in [0.15, 0.2) is 0 Å². The number of benzene rings is 2. The molecule has 1 N–H and O–H groups in total. The number of aryl methyl sites for hydroxylation is 1. The number of hydrogen-bond donors (Lipinski definition) is 1. The van der Waals surface area contributed by atoms with Crippen molar-refractivity contribution in [1.29, 1.82) is 5.26 Å². The summed E-state index contributed by atoms with van der Waals surface area (Å²) < 4.78 is 10.5. The van der Waals surface area contributed by atoms with Crippen LogP contribution in [0.3, 0.4) is 0 Å². The first-order valence-corrected chi connectivity index (χ1v) is 10.2. The highest BCUT2D eigenvalue weighted by molar-refractivity contribution is 6.07. The van der Waals surface area contributed by atoms with E-state index in [1.165, 1.54) is 23.9 Å². The lowest BCUT2D eigenvalue weighted by Gasteiger charge is -2.36. The Labute approximate surface area is 183 Å². The van der Waals surface area contributed by atoms with Gasteiger partial charge in [-0.1, -0.05) is 12.1 Å². The van der Waals surface area contributed by atoms with E-state index in [0.29, 0.717) is 17.2 Å². The molecule has 1 heterocycles. The largest absolute Gasteiger partial charge is 0.497 e. The van der Waals surface area contributed by atoms with Crippen molar-refractivity contribution in [2.45, 2.75) is 13.8 Å². The molecule has 162 valence electrons. The van der Waals surface area contributed by atoms with Gasteiger partial charge in [-0.2, -0.15) is 5.26 Å². The van der Waals surface area contributed by atoms with Crippen molar-refractivity contribution in [2.75, 3.05) is 50.6 Å². The molecule has 0 unspecified atom stereocenters. The second-order valence-electron chi connectivity index (χ2n) is 7.42. The Morgan fingerprint density at radius 2 is 1.84 bits per heavy atom. The second-order valence-corrected chi connectivity index (χ2v) is 7.42. The van der Waals surface area contributed by atoms with E-state index in [4.69, 9.17) is 9.47 Å². The van der Waals surface area contributed by atoms with E-state index in [1.54, 1.807) is 31.5 Å². The molecule has 7 heteroatoms. The SMILES string of the molecule is COc1ccc(OC)c(NC(=O)/C(C#N)=C\N2CCN(c3cccc(C)c3C)CC2)c1. The first-order valence-electron chi connectivity index (χ1n) is 10.2. The van der Waals surface area contributed by atoms with Gasteiger partial charge in [0.1, 0.15) is 23.1 Å². The van der Waals surface area contributed by atoms with Crippen molar-refractivity contribution in [1.82, 2.24) is 4.90 Å². The van der Waals surface area contributed by atoms with E-state index in [9.17, 15) is 10.1 Å². The van der Waals surface area contributed by atoms with E-state index in [2.05, 4.69) is 42.3 Å². The van der Waals surface area contributed by atoms with Crippen LogP contribution in [-0.2, 0) is 4.79 Å². The highest BCUT2D eigenvalue weighted by Crippen LogP contribution is 2.29. The number of nitrogens with zero attached hydrogens (tertiary/aromatic N) is 3. The summed E-state index contributed by atoms with van der Waals surface area (Å²) in [5.74, 6) is 0.598. The van der Waals surface area contributed by atoms with Crippen LogP contribution in [0.5, 0.6) is 11.5 Å². The zero-order chi connectivity index (χ0) is 22.4. The molecule has 31 heavy (non-hydrogen) atoms. The Balaban J connectivity index is 1.68. The molecule has 1 aliphatic heterocycles. The summed E-state index contributed by atoms with van der Waals surface area (Å²) in [6.45, 7) is 7.37. The van der Waals surface area contributed by atoms with Crippen LogP contribution in [0.1, 0.15) is 11.1 Å². The number of ether oxygens (including phenoxy) is 2. The van der Waals surface area contributed by atoms with E-state index < -0.39 is 5.91 Å². The Morgan fingerprint density at radius 3 is 2.48 bits per heavy atom. The molecule has 0 radical (unpaired) electrons. The smallest absolute Gasteiger partial charge is 0.267 e. The fraction of sp³-hybridized carbons (Fsp3) is 0.333. The number of piperazine rings is 1. The maximum absolute atomic E-state index is 12.7. The molecule has 1 aliphatic rings. The quantitative estimate of drug-likeness (QED) is 0.569. The number of carbonyl (C=O) groups excluding carboxylic acids is 1. The lowest BCUT2D eigenvalue weighted by atomic mass is 10.1. The van der Waals surface area contributed by atoms with Crippen molar-refractivity contribution in [3.63, 3.8) is 0 Å². The summed E-state index contributed by atoms with van der Waals surface area (Å²) in [6.07, 6.45) is 1.64. The summed E-state index contributed by atoms with van der Waals surface area (Å²) in [6, 6.07) is 13.5. The zero-order valence-corrected chi connectivity index (χ0v) is 18.4. The van der Waals surface area contributed by atoms with Gasteiger partial charge in [-0.15, -0.1) is 0 Å². The third-order valence-electron chi connectivity index (χ3n) is 5.56. The van der Waals surface area contributed by atoms with Gasteiger partial charge in [-0.3, -0.25) is 4.79 Å². The molecule has 1 fully saturated rings. The number of hydrogen-bond acceptors (Lipinski definition) is 6. The average molecular weight is 421 g/mol. The van der Waals surface area contributed by atoms with Gasteiger partial charge < -0.3 is 24.6 Å². The molecular weight excluding hydrogens is 392 g/mol. The minimum absolute atomic E-state index is 0.0464. The predicted molar refractivity (Wildman–Crippen MR) is 122 cm³/mol. The molecular formula is C24H28N4O3. The predicted octanol–water partition coefficient (Wildman–Crippen LogP) is 3.49. The minimum atomic E-state index is -0.481. The number of amides is 1. The van der Waals surface area contributed by atoms with Gasteiger partial charge in [-0.25, -0.2) is 0 Å². The summed E-state index contributed by atoms with van der Waals surface area (Å²) >= 11 is 0. The molecule has 3 rings (SSSR count). The van der Waals surface area contributed by atoms with Crippen molar-refractivity contribution < 1.29 is 14.3 Å². The Hall–Kier alpha value is -3.66. The fourth-order valence-corrected chi connectivity index (χ4v) is 3.59. The van der Waals surface area contributed by atoms with Gasteiger partial charge in [0.2, 0.25) is 0 Å². The summed E-state index contributed by atoms with van der Waals surface area (Å²) in [5, 5.41) is 12.3. The number of methoxy groups -OCH3 is 2. The first kappa shape index (κ1) is 22.0. The summed E-state index contributed by atoms with van der Waals surface area (Å²) in [5.41, 5.74) is 4.30. The third kappa shape index (κ3) is 5.10. The molecule has 0 aliphatic carbocycles. The van der Waals surface area contributed by atoms with Crippen molar-refractivity contribution in [2.24, 2.45) is 0 Å². The summed E-state index contributed by atoms with van der Waals surface area (Å²) in [4.78, 5) is 17.1. The zero-order valence-electron chi connectivity index (χ0n) is 18.4. The molecule has 1 amide bonds. The molecule has 2 aromatic rings. The number of nitriles is 1. The van der Waals surface area contributed by atoms with Gasteiger partial charge in [0, 0.05) is 44.1 Å². The number of rotatable bonds is 6. The van der Waals surface area contributed by atoms with E-state index >= 15 is 0 Å². The maximum atomic E-state index is 12.7. The second kappa shape index (κ2) is 9.90. The van der Waals surface area contributed by atoms with E-state index in [0.717, 1.165) is 26.2 Å². The van der Waals surface area contributed by atoms with Gasteiger partial charge >= 0.3 is 0 Å². The Morgan fingerprint density at radius 1 is 1.10 bits per heavy atom. The molecule has 0 spiro atoms. The topological polar surface area (TPSA) is 77.8 Å². The van der Waals surface area contributed by atoms with Crippen LogP contribution in [0.2, 0.25) is 0 Å². The Bertz CT molecular complexity index is 1020. The molecule has 0 aromatic heterocycles. The molecule has 2 aromatic carbocycles. The Kier molecular flexibility index (Phi) is 7.03. The number of nitrogens with one attached hydrogen (secondary N) is 1. The molecule has 0 bridgehead atoms. The van der Waals surface area contributed by atoms with Gasteiger partial charge in [0.25, 0.3) is 5.91 Å². The molecule has 0 atom stereocenters. The number of carbonyl (C=O) groups is 1. The monoisotopic (exact) mass is 420 g/mol. The summed E-state index contributed by atoms with van der Waals surface area (Å²) in [7, 11) is 3.07.